The van der Waals surface area contributed by atoms with Crippen molar-refractivity contribution in [2.24, 2.45) is 0 Å². The minimum atomic E-state index is -0.442. The zero-order valence-corrected chi connectivity index (χ0v) is 17.4. The molecule has 1 atom stereocenters. The summed E-state index contributed by atoms with van der Waals surface area (Å²) in [7, 11) is 3.17. The van der Waals surface area contributed by atoms with E-state index < -0.39 is 11.2 Å². The minimum absolute atomic E-state index is 0.0590. The van der Waals surface area contributed by atoms with Gasteiger partial charge in [0.05, 0.1) is 14.7 Å². The van der Waals surface area contributed by atoms with Crippen LogP contribution in [-0.2, 0) is 9.47 Å². The number of non-ortho nitro benzene ring substituents is 1. The van der Waals surface area contributed by atoms with Gasteiger partial charge in [0.25, 0.3) is 16.8 Å². The number of ether oxygens (including phenoxy) is 2. The van der Waals surface area contributed by atoms with E-state index in [9.17, 15) is 10.1 Å². The third-order valence-electron chi connectivity index (χ3n) is 4.03. The summed E-state index contributed by atoms with van der Waals surface area (Å²) in [5.74, 6) is 0.424. The van der Waals surface area contributed by atoms with Crippen LogP contribution >= 0.6 is 23.1 Å². The number of hydrogen-bond acceptors (Lipinski definition) is 9. The number of nitro benzene ring substituents is 1. The molecule has 10 heteroatoms. The Hall–Kier alpha value is -2.27. The molecule has 0 bridgehead atoms. The fourth-order valence-electron chi connectivity index (χ4n) is 2.62. The van der Waals surface area contributed by atoms with Crippen molar-refractivity contribution >= 4 is 28.8 Å². The molecule has 2 heterocycles. The number of nitro groups is 1. The quantitative estimate of drug-likeness (QED) is 0.213. The monoisotopic (exact) mass is 421 g/mol. The van der Waals surface area contributed by atoms with E-state index in [0.717, 1.165) is 20.9 Å². The van der Waals surface area contributed by atoms with E-state index in [-0.39, 0.29) is 10.9 Å². The Balaban J connectivity index is 1.77. The number of nitrogens with zero attached hydrogens (tertiary/aromatic N) is 3. The highest BCUT2D eigenvalue weighted by Crippen LogP contribution is 2.39. The van der Waals surface area contributed by atoms with Crippen LogP contribution in [0, 0.1) is 17.0 Å². The third-order valence-corrected chi connectivity index (χ3v) is 6.27. The average Bonchev–Trinajstić information content (AvgIpc) is 3.29. The fraction of sp³-hybridized carbons (Fsp3) is 0.333. The van der Waals surface area contributed by atoms with Gasteiger partial charge in [0.2, 0.25) is 0 Å². The van der Waals surface area contributed by atoms with Crippen molar-refractivity contribution in [1.82, 2.24) is 10.2 Å². The lowest BCUT2D eigenvalue weighted by atomic mass is 10.1. The Morgan fingerprint density at radius 2 is 2.00 bits per heavy atom. The summed E-state index contributed by atoms with van der Waals surface area (Å²) < 4.78 is 16.4. The van der Waals surface area contributed by atoms with E-state index in [1.54, 1.807) is 26.4 Å². The molecule has 28 heavy (non-hydrogen) atoms. The molecule has 0 fully saturated rings. The molecule has 1 unspecified atom stereocenters. The summed E-state index contributed by atoms with van der Waals surface area (Å²) in [4.78, 5) is 12.3. The molecule has 1 aromatic carbocycles. The van der Waals surface area contributed by atoms with Gasteiger partial charge in [-0.15, -0.1) is 21.5 Å². The zero-order valence-electron chi connectivity index (χ0n) is 15.7. The molecule has 0 aliphatic rings. The molecule has 0 radical (unpaired) electrons. The summed E-state index contributed by atoms with van der Waals surface area (Å²) in [5, 5.41) is 19.5. The minimum Gasteiger partial charge on any atom is -0.410 e. The van der Waals surface area contributed by atoms with Gasteiger partial charge in [-0.1, -0.05) is 23.9 Å². The van der Waals surface area contributed by atoms with Gasteiger partial charge in [-0.3, -0.25) is 10.1 Å². The first-order valence-electron chi connectivity index (χ1n) is 8.33. The van der Waals surface area contributed by atoms with E-state index in [0.29, 0.717) is 11.1 Å². The van der Waals surface area contributed by atoms with Crippen molar-refractivity contribution in [1.29, 1.82) is 0 Å². The number of aryl methyl sites for hydroxylation is 1. The lowest BCUT2D eigenvalue weighted by molar-refractivity contribution is -0.384. The Bertz CT molecular complexity index is 968. The maximum absolute atomic E-state index is 11.0. The highest BCUT2D eigenvalue weighted by atomic mass is 32.2. The summed E-state index contributed by atoms with van der Waals surface area (Å²) in [5.41, 5.74) is 1.87. The van der Waals surface area contributed by atoms with Gasteiger partial charge in [0.1, 0.15) is 0 Å². The average molecular weight is 422 g/mol. The standard InChI is InChI=1S/C18H19N3O5S2/c1-10-8-14(17(24-3)25-4)28-15(10)16-19-20-18(26-16)27-11(2)12-6-5-7-13(9-12)21(22)23/h5-9,11,17H,1-4H3. The lowest BCUT2D eigenvalue weighted by Gasteiger charge is -2.10. The number of thiophene rings is 1. The number of methoxy groups -OCH3 is 2. The topological polar surface area (TPSA) is 101 Å². The third kappa shape index (κ3) is 4.41. The molecule has 3 rings (SSSR count). The van der Waals surface area contributed by atoms with E-state index in [4.69, 9.17) is 13.9 Å². The molecule has 0 aliphatic carbocycles. The summed E-state index contributed by atoms with van der Waals surface area (Å²) in [6, 6.07) is 8.51. The van der Waals surface area contributed by atoms with Crippen LogP contribution < -0.4 is 0 Å². The van der Waals surface area contributed by atoms with Crippen molar-refractivity contribution in [3.63, 3.8) is 0 Å². The normalized spacial score (nSPS) is 12.5. The molecule has 0 saturated carbocycles. The Morgan fingerprint density at radius 3 is 2.68 bits per heavy atom. The van der Waals surface area contributed by atoms with Gasteiger partial charge >= 0.3 is 0 Å². The van der Waals surface area contributed by atoms with E-state index in [1.807, 2.05) is 26.0 Å². The molecule has 3 aromatic rings. The van der Waals surface area contributed by atoms with Crippen LogP contribution in [0.3, 0.4) is 0 Å². The van der Waals surface area contributed by atoms with Crippen LogP contribution in [0.5, 0.6) is 0 Å². The first-order chi connectivity index (χ1) is 13.4. The van der Waals surface area contributed by atoms with Crippen LogP contribution in [0.15, 0.2) is 40.0 Å². The van der Waals surface area contributed by atoms with Crippen LogP contribution in [0.2, 0.25) is 0 Å². The highest BCUT2D eigenvalue weighted by Gasteiger charge is 2.21. The molecular formula is C18H19N3O5S2. The first kappa shape index (κ1) is 20.5. The Kier molecular flexibility index (Phi) is 6.45. The number of rotatable bonds is 8. The lowest BCUT2D eigenvalue weighted by Crippen LogP contribution is -2.00. The maximum Gasteiger partial charge on any atom is 0.277 e. The van der Waals surface area contributed by atoms with Crippen LogP contribution in [0.4, 0.5) is 5.69 Å². The van der Waals surface area contributed by atoms with Crippen molar-refractivity contribution in [2.75, 3.05) is 14.2 Å². The second kappa shape index (κ2) is 8.82. The first-order valence-corrected chi connectivity index (χ1v) is 10.0. The largest absolute Gasteiger partial charge is 0.410 e. The molecule has 0 aliphatic heterocycles. The second-order valence-corrected chi connectivity index (χ2v) is 8.33. The van der Waals surface area contributed by atoms with Gasteiger partial charge < -0.3 is 13.9 Å². The number of benzene rings is 1. The van der Waals surface area contributed by atoms with E-state index in [1.165, 1.54) is 29.2 Å². The van der Waals surface area contributed by atoms with Gasteiger partial charge in [-0.25, -0.2) is 0 Å². The molecule has 0 amide bonds. The number of thioether (sulfide) groups is 1. The molecule has 0 spiro atoms. The molecular weight excluding hydrogens is 402 g/mol. The van der Waals surface area contributed by atoms with Crippen molar-refractivity contribution < 1.29 is 18.8 Å². The molecule has 8 nitrogen and oxygen atoms in total. The molecule has 0 saturated heterocycles. The van der Waals surface area contributed by atoms with Crippen molar-refractivity contribution in [3.05, 3.63) is 56.5 Å². The highest BCUT2D eigenvalue weighted by molar-refractivity contribution is 7.99. The second-order valence-electron chi connectivity index (χ2n) is 5.95. The number of aromatic nitrogens is 2. The Labute approximate surface area is 170 Å². The predicted molar refractivity (Wildman–Crippen MR) is 106 cm³/mol. The summed E-state index contributed by atoms with van der Waals surface area (Å²) in [6.07, 6.45) is -0.442. The maximum atomic E-state index is 11.0. The van der Waals surface area contributed by atoms with Gasteiger partial charge in [0.15, 0.2) is 6.29 Å². The van der Waals surface area contributed by atoms with Gasteiger partial charge in [-0.2, -0.15) is 0 Å². The summed E-state index contributed by atoms with van der Waals surface area (Å²) >= 11 is 2.83. The smallest absolute Gasteiger partial charge is 0.277 e. The fourth-order valence-corrected chi connectivity index (χ4v) is 4.57. The summed E-state index contributed by atoms with van der Waals surface area (Å²) in [6.45, 7) is 3.89. The SMILES string of the molecule is COC(OC)c1cc(C)c(-c2nnc(SC(C)c3cccc([N+](=O)[O-])c3)o2)s1. The zero-order chi connectivity index (χ0) is 20.3. The van der Waals surface area contributed by atoms with Crippen LogP contribution in [0.1, 0.15) is 34.5 Å². The van der Waals surface area contributed by atoms with Crippen molar-refractivity contribution in [3.8, 4) is 10.8 Å². The molecule has 148 valence electrons. The van der Waals surface area contributed by atoms with Gasteiger partial charge in [0, 0.05) is 31.6 Å². The van der Waals surface area contributed by atoms with E-state index >= 15 is 0 Å². The molecule has 0 N–H and O–H groups in total. The van der Waals surface area contributed by atoms with Crippen LogP contribution in [0.25, 0.3) is 10.8 Å². The molecule has 2 aromatic heterocycles. The Morgan fingerprint density at radius 1 is 1.25 bits per heavy atom. The van der Waals surface area contributed by atoms with Crippen LogP contribution in [-0.4, -0.2) is 29.3 Å². The van der Waals surface area contributed by atoms with E-state index in [2.05, 4.69) is 10.2 Å². The number of hydrogen-bond donors (Lipinski definition) is 0. The predicted octanol–water partition coefficient (Wildman–Crippen LogP) is 5.16. The van der Waals surface area contributed by atoms with Gasteiger partial charge in [-0.05, 0) is 31.0 Å². The van der Waals surface area contributed by atoms with Crippen molar-refractivity contribution in [2.45, 2.75) is 30.6 Å².